The Hall–Kier alpha value is -2.38. The third kappa shape index (κ3) is 2.90. The van der Waals surface area contributed by atoms with Gasteiger partial charge in [-0.3, -0.25) is 0 Å². The van der Waals surface area contributed by atoms with E-state index in [9.17, 15) is 0 Å². The van der Waals surface area contributed by atoms with Crippen molar-refractivity contribution in [3.05, 3.63) is 58.8 Å². The van der Waals surface area contributed by atoms with Crippen LogP contribution in [0, 0.1) is 18.3 Å². The van der Waals surface area contributed by atoms with Crippen molar-refractivity contribution in [1.29, 1.82) is 5.26 Å². The highest BCUT2D eigenvalue weighted by Crippen LogP contribution is 2.17. The largest absolute Gasteiger partial charge is 0.365 e. The van der Waals surface area contributed by atoms with E-state index in [0.29, 0.717) is 24.5 Å². The molecule has 0 saturated heterocycles. The molecule has 0 aliphatic carbocycles. The number of nitrogens with one attached hydrogen (secondary N) is 1. The Morgan fingerprint density at radius 2 is 2.00 bits per heavy atom. The molecule has 19 heavy (non-hydrogen) atoms. The number of anilines is 1. The van der Waals surface area contributed by atoms with Crippen molar-refractivity contribution in [2.45, 2.75) is 20.0 Å². The number of pyridine rings is 1. The van der Waals surface area contributed by atoms with E-state index in [1.54, 1.807) is 6.20 Å². The molecule has 0 atom stereocenters. The minimum Gasteiger partial charge on any atom is -0.365 e. The van der Waals surface area contributed by atoms with E-state index in [2.05, 4.69) is 16.4 Å². The molecule has 4 nitrogen and oxygen atoms in total. The first-order valence-corrected chi connectivity index (χ1v) is 6.12. The molecule has 0 radical (unpaired) electrons. The number of aromatic nitrogens is 1. The van der Waals surface area contributed by atoms with Gasteiger partial charge in [0, 0.05) is 19.3 Å². The summed E-state index contributed by atoms with van der Waals surface area (Å²) in [6.07, 6.45) is 1.70. The van der Waals surface area contributed by atoms with Crippen LogP contribution in [0.2, 0.25) is 0 Å². The second-order valence-electron chi connectivity index (χ2n) is 4.29. The number of benzene rings is 1. The van der Waals surface area contributed by atoms with Crippen molar-refractivity contribution in [3.63, 3.8) is 0 Å². The number of nitriles is 1. The molecule has 2 rings (SSSR count). The zero-order valence-corrected chi connectivity index (χ0v) is 10.9. The summed E-state index contributed by atoms with van der Waals surface area (Å²) >= 11 is 0. The fourth-order valence-corrected chi connectivity index (χ4v) is 1.94. The summed E-state index contributed by atoms with van der Waals surface area (Å²) in [6, 6.07) is 12.0. The number of rotatable bonds is 4. The molecule has 0 bridgehead atoms. The van der Waals surface area contributed by atoms with Crippen LogP contribution in [0.1, 0.15) is 22.3 Å². The van der Waals surface area contributed by atoms with E-state index in [0.717, 1.165) is 16.7 Å². The lowest BCUT2D eigenvalue weighted by Crippen LogP contribution is -2.08. The summed E-state index contributed by atoms with van der Waals surface area (Å²) < 4.78 is 0. The zero-order valence-electron chi connectivity index (χ0n) is 10.9. The number of hydrogen-bond donors (Lipinski definition) is 2. The molecule has 96 valence electrons. The zero-order chi connectivity index (χ0) is 13.7. The molecule has 0 fully saturated rings. The molecule has 2 aromatic rings. The molecule has 0 spiro atoms. The molecule has 1 aromatic heterocycles. The first-order valence-electron chi connectivity index (χ1n) is 6.12. The van der Waals surface area contributed by atoms with Crippen LogP contribution in [-0.4, -0.2) is 4.98 Å². The molecule has 0 saturated carbocycles. The normalized spacial score (nSPS) is 9.95. The van der Waals surface area contributed by atoms with Gasteiger partial charge in [0.2, 0.25) is 0 Å². The van der Waals surface area contributed by atoms with Crippen molar-refractivity contribution in [3.8, 4) is 6.07 Å². The summed E-state index contributed by atoms with van der Waals surface area (Å²) in [5.74, 6) is 0.620. The van der Waals surface area contributed by atoms with Gasteiger partial charge < -0.3 is 11.1 Å². The summed E-state index contributed by atoms with van der Waals surface area (Å²) in [6.45, 7) is 3.02. The van der Waals surface area contributed by atoms with Crippen LogP contribution in [0.3, 0.4) is 0 Å². The summed E-state index contributed by atoms with van der Waals surface area (Å²) in [4.78, 5) is 4.22. The second-order valence-corrected chi connectivity index (χ2v) is 4.29. The number of hydrogen-bond acceptors (Lipinski definition) is 4. The van der Waals surface area contributed by atoms with Crippen molar-refractivity contribution in [2.75, 3.05) is 5.32 Å². The average Bonchev–Trinajstić information content (AvgIpc) is 2.45. The van der Waals surface area contributed by atoms with Gasteiger partial charge in [0.25, 0.3) is 0 Å². The molecule has 0 aliphatic heterocycles. The van der Waals surface area contributed by atoms with Crippen molar-refractivity contribution >= 4 is 5.82 Å². The van der Waals surface area contributed by atoms with Gasteiger partial charge in [0.1, 0.15) is 11.9 Å². The molecule has 0 unspecified atom stereocenters. The number of nitrogens with zero attached hydrogens (tertiary/aromatic N) is 2. The number of aryl methyl sites for hydroxylation is 1. The first kappa shape index (κ1) is 13.1. The van der Waals surface area contributed by atoms with Crippen LogP contribution >= 0.6 is 0 Å². The lowest BCUT2D eigenvalue weighted by Gasteiger charge is -2.11. The third-order valence-corrected chi connectivity index (χ3v) is 3.06. The summed E-state index contributed by atoms with van der Waals surface area (Å²) in [5, 5.41) is 12.4. The highest BCUT2D eigenvalue weighted by Gasteiger charge is 2.07. The smallest absolute Gasteiger partial charge is 0.144 e. The molecular formula is C15H16N4. The van der Waals surface area contributed by atoms with Gasteiger partial charge in [-0.25, -0.2) is 4.98 Å². The van der Waals surface area contributed by atoms with Crippen molar-refractivity contribution < 1.29 is 0 Å². The number of nitrogens with two attached hydrogens (primary N) is 1. The average molecular weight is 252 g/mol. The Kier molecular flexibility index (Phi) is 4.11. The highest BCUT2D eigenvalue weighted by atomic mass is 15.0. The van der Waals surface area contributed by atoms with E-state index in [4.69, 9.17) is 11.0 Å². The molecule has 1 heterocycles. The molecule has 3 N–H and O–H groups in total. The lowest BCUT2D eigenvalue weighted by atomic mass is 10.1. The van der Waals surface area contributed by atoms with Crippen LogP contribution in [0.4, 0.5) is 5.82 Å². The predicted octanol–water partition coefficient (Wildman–Crippen LogP) is 2.33. The van der Waals surface area contributed by atoms with Gasteiger partial charge in [0.15, 0.2) is 0 Å². The van der Waals surface area contributed by atoms with Crippen LogP contribution in [0.5, 0.6) is 0 Å². The topological polar surface area (TPSA) is 74.7 Å². The van der Waals surface area contributed by atoms with Crippen LogP contribution in [0.15, 0.2) is 36.5 Å². The van der Waals surface area contributed by atoms with Crippen LogP contribution < -0.4 is 11.1 Å². The van der Waals surface area contributed by atoms with Gasteiger partial charge in [-0.2, -0.15) is 5.26 Å². The molecule has 0 amide bonds. The quantitative estimate of drug-likeness (QED) is 0.875. The van der Waals surface area contributed by atoms with E-state index >= 15 is 0 Å². The minimum atomic E-state index is 0.504. The van der Waals surface area contributed by atoms with Crippen LogP contribution in [-0.2, 0) is 13.1 Å². The van der Waals surface area contributed by atoms with E-state index in [-0.39, 0.29) is 0 Å². The highest BCUT2D eigenvalue weighted by molar-refractivity contribution is 5.55. The van der Waals surface area contributed by atoms with Crippen molar-refractivity contribution in [2.24, 2.45) is 5.73 Å². The molecule has 1 aromatic carbocycles. The van der Waals surface area contributed by atoms with Gasteiger partial charge >= 0.3 is 0 Å². The molecular weight excluding hydrogens is 236 g/mol. The van der Waals surface area contributed by atoms with E-state index < -0.39 is 0 Å². The van der Waals surface area contributed by atoms with E-state index in [1.807, 2.05) is 37.3 Å². The Bertz CT molecular complexity index is 614. The Morgan fingerprint density at radius 3 is 2.68 bits per heavy atom. The third-order valence-electron chi connectivity index (χ3n) is 3.06. The molecule has 0 aliphatic rings. The predicted molar refractivity (Wildman–Crippen MR) is 75.3 cm³/mol. The Labute approximate surface area is 112 Å². The van der Waals surface area contributed by atoms with Gasteiger partial charge in [0.05, 0.1) is 5.56 Å². The van der Waals surface area contributed by atoms with Gasteiger partial charge in [-0.05, 0) is 29.7 Å². The summed E-state index contributed by atoms with van der Waals surface area (Å²) in [5.41, 5.74) is 9.44. The molecule has 4 heteroatoms. The van der Waals surface area contributed by atoms with E-state index in [1.165, 1.54) is 0 Å². The maximum atomic E-state index is 9.15. The maximum Gasteiger partial charge on any atom is 0.144 e. The first-order chi connectivity index (χ1) is 9.26. The fourth-order valence-electron chi connectivity index (χ4n) is 1.94. The minimum absolute atomic E-state index is 0.504. The standard InChI is InChI=1S/C15H16N4/c1-11-6-7-18-15(14(11)9-17)19-10-13-5-3-2-4-12(13)8-16/h2-7H,8,10,16H2,1H3,(H,18,19). The fraction of sp³-hybridized carbons (Fsp3) is 0.200. The maximum absolute atomic E-state index is 9.15. The lowest BCUT2D eigenvalue weighted by molar-refractivity contribution is 1.00. The second kappa shape index (κ2) is 5.98. The van der Waals surface area contributed by atoms with Gasteiger partial charge in [-0.15, -0.1) is 0 Å². The summed E-state index contributed by atoms with van der Waals surface area (Å²) in [7, 11) is 0. The van der Waals surface area contributed by atoms with Crippen molar-refractivity contribution in [1.82, 2.24) is 4.98 Å². The monoisotopic (exact) mass is 252 g/mol. The Balaban J connectivity index is 2.20. The SMILES string of the molecule is Cc1ccnc(NCc2ccccc2CN)c1C#N. The Morgan fingerprint density at radius 1 is 1.26 bits per heavy atom. The van der Waals surface area contributed by atoms with Crippen LogP contribution in [0.25, 0.3) is 0 Å². The van der Waals surface area contributed by atoms with Gasteiger partial charge in [-0.1, -0.05) is 24.3 Å².